The molecule has 0 unspecified atom stereocenters. The molecule has 3 aromatic heterocycles. The number of carbonyl (C=O) groups excluding carboxylic acids is 1. The summed E-state index contributed by atoms with van der Waals surface area (Å²) >= 11 is 6.00. The lowest BCUT2D eigenvalue weighted by atomic mass is 10.1. The molecule has 0 atom stereocenters. The minimum atomic E-state index is -0.689. The highest BCUT2D eigenvalue weighted by Gasteiger charge is 2.10. The van der Waals surface area contributed by atoms with Crippen LogP contribution in [0.15, 0.2) is 60.3 Å². The molecule has 0 aliphatic rings. The molecule has 29 heavy (non-hydrogen) atoms. The van der Waals surface area contributed by atoms with Crippen molar-refractivity contribution >= 4 is 29.0 Å². The summed E-state index contributed by atoms with van der Waals surface area (Å²) in [5.41, 5.74) is 1.94. The minimum absolute atomic E-state index is 0.209. The molecule has 0 saturated heterocycles. The van der Waals surface area contributed by atoms with Crippen LogP contribution in [0.2, 0.25) is 5.02 Å². The van der Waals surface area contributed by atoms with Gasteiger partial charge < -0.3 is 10.2 Å². The Balaban J connectivity index is 1.70. The van der Waals surface area contributed by atoms with Crippen LogP contribution in [-0.4, -0.2) is 26.6 Å². The van der Waals surface area contributed by atoms with Gasteiger partial charge in [0.05, 0.1) is 11.3 Å². The molecule has 9 heteroatoms. The molecule has 0 radical (unpaired) electrons. The molecule has 3 heterocycles. The highest BCUT2D eigenvalue weighted by molar-refractivity contribution is 6.31. The molecule has 0 bridgehead atoms. The molecule has 1 amide bonds. The van der Waals surface area contributed by atoms with Crippen molar-refractivity contribution < 1.29 is 14.0 Å². The first kappa shape index (κ1) is 20.3. The Kier molecular flexibility index (Phi) is 6.80. The van der Waals surface area contributed by atoms with E-state index in [0.29, 0.717) is 28.5 Å². The Morgan fingerprint density at radius 3 is 2.76 bits per heavy atom. The highest BCUT2D eigenvalue weighted by atomic mass is 35.5. The molecular weight excluding hydrogens is 397 g/mol. The number of anilines is 1. The van der Waals surface area contributed by atoms with Crippen LogP contribution in [0.5, 0.6) is 5.88 Å². The van der Waals surface area contributed by atoms with Crippen molar-refractivity contribution in [3.05, 3.63) is 76.8 Å². The van der Waals surface area contributed by atoms with Crippen molar-refractivity contribution in [1.29, 1.82) is 0 Å². The zero-order valence-corrected chi connectivity index (χ0v) is 16.2. The normalized spacial score (nSPS) is 11.2. The largest absolute Gasteiger partial charge is 0.335 e. The molecule has 0 aliphatic heterocycles. The first-order valence-corrected chi connectivity index (χ1v) is 9.10. The molecule has 1 N–H and O–H groups in total. The van der Waals surface area contributed by atoms with Gasteiger partial charge in [0, 0.05) is 35.9 Å². The maximum absolute atomic E-state index is 12.7. The van der Waals surface area contributed by atoms with Crippen molar-refractivity contribution in [3.8, 4) is 5.88 Å². The third kappa shape index (κ3) is 5.32. The van der Waals surface area contributed by atoms with E-state index in [1.807, 2.05) is 6.92 Å². The van der Waals surface area contributed by atoms with E-state index in [-0.39, 0.29) is 11.4 Å². The van der Waals surface area contributed by atoms with Crippen molar-refractivity contribution in [2.75, 3.05) is 5.32 Å². The fraction of sp³-hybridized carbons (Fsp3) is 0.150. The number of hydrogen-bond donors (Lipinski definition) is 1. The Morgan fingerprint density at radius 2 is 2.07 bits per heavy atom. The fourth-order valence-electron chi connectivity index (χ4n) is 2.37. The topological polar surface area (TPSA) is 89.4 Å². The number of alkyl halides is 1. The van der Waals surface area contributed by atoms with Crippen LogP contribution in [-0.2, 0) is 6.67 Å². The summed E-state index contributed by atoms with van der Waals surface area (Å²) < 4.78 is 12.7. The average molecular weight is 414 g/mol. The lowest BCUT2D eigenvalue weighted by molar-refractivity contribution is 0.102. The molecule has 0 aromatic carbocycles. The van der Waals surface area contributed by atoms with Gasteiger partial charge in [0.15, 0.2) is 0 Å². The summed E-state index contributed by atoms with van der Waals surface area (Å²) in [7, 11) is 0. The zero-order chi connectivity index (χ0) is 20.6. The number of halogens is 2. The van der Waals surface area contributed by atoms with E-state index in [4.69, 9.17) is 16.4 Å². The minimum Gasteiger partial charge on any atom is -0.335 e. The van der Waals surface area contributed by atoms with Gasteiger partial charge in [-0.25, -0.2) is 14.4 Å². The number of hydrogen-bond acceptors (Lipinski definition) is 6. The maximum atomic E-state index is 12.7. The van der Waals surface area contributed by atoms with Gasteiger partial charge in [0.1, 0.15) is 17.5 Å². The Hall–Kier alpha value is -3.39. The molecule has 0 spiro atoms. The fourth-order valence-corrected chi connectivity index (χ4v) is 2.53. The van der Waals surface area contributed by atoms with E-state index < -0.39 is 12.6 Å². The lowest BCUT2D eigenvalue weighted by Crippen LogP contribution is -2.14. The maximum Gasteiger partial charge on any atom is 0.267 e. The average Bonchev–Trinajstić information content (AvgIpc) is 2.76. The van der Waals surface area contributed by atoms with Crippen LogP contribution in [0.1, 0.15) is 34.8 Å². The lowest BCUT2D eigenvalue weighted by Gasteiger charge is -2.07. The molecule has 0 aliphatic carbocycles. The molecule has 3 aromatic rings. The SMILES string of the molecule is CCC(=NOc1ncccc1Cl)c1ccc(NC(=O)c2cncc(CF)c2)nc1. The predicted molar refractivity (Wildman–Crippen MR) is 108 cm³/mol. The number of carbonyl (C=O) groups is 1. The van der Waals surface area contributed by atoms with Crippen LogP contribution in [0, 0.1) is 0 Å². The van der Waals surface area contributed by atoms with Gasteiger partial charge in [-0.15, -0.1) is 0 Å². The van der Waals surface area contributed by atoms with E-state index in [0.717, 1.165) is 5.56 Å². The number of nitrogens with zero attached hydrogens (tertiary/aromatic N) is 4. The van der Waals surface area contributed by atoms with E-state index in [2.05, 4.69) is 25.4 Å². The number of nitrogens with one attached hydrogen (secondary N) is 1. The number of pyridine rings is 3. The van der Waals surface area contributed by atoms with Gasteiger partial charge >= 0.3 is 0 Å². The van der Waals surface area contributed by atoms with Crippen LogP contribution < -0.4 is 10.2 Å². The molecular formula is C20H17ClFN5O2. The van der Waals surface area contributed by atoms with Gasteiger partial charge in [-0.1, -0.05) is 23.7 Å². The molecule has 0 fully saturated rings. The van der Waals surface area contributed by atoms with Crippen molar-refractivity contribution in [2.24, 2.45) is 5.16 Å². The van der Waals surface area contributed by atoms with Gasteiger partial charge in [-0.05, 0) is 36.8 Å². The third-order valence-electron chi connectivity index (χ3n) is 3.85. The summed E-state index contributed by atoms with van der Waals surface area (Å²) in [6.45, 7) is 1.23. The molecule has 148 valence electrons. The van der Waals surface area contributed by atoms with E-state index in [1.54, 1.807) is 36.7 Å². The van der Waals surface area contributed by atoms with E-state index in [9.17, 15) is 9.18 Å². The standard InChI is InChI=1S/C20H17ClFN5O2/c1-2-17(27-29-20-16(21)4-3-7-24-20)14-5-6-18(25-12-14)26-19(28)15-8-13(9-22)10-23-11-15/h3-8,10-12H,2,9H2,1H3,(H,25,26,28). The second kappa shape index (κ2) is 9.70. The summed E-state index contributed by atoms with van der Waals surface area (Å²) in [6, 6.07) is 8.19. The summed E-state index contributed by atoms with van der Waals surface area (Å²) in [5, 5.41) is 7.10. The quantitative estimate of drug-likeness (QED) is 0.457. The van der Waals surface area contributed by atoms with Gasteiger partial charge in [-0.3, -0.25) is 9.78 Å². The molecule has 7 nitrogen and oxygen atoms in total. The summed E-state index contributed by atoms with van der Waals surface area (Å²) in [5.74, 6) is 0.125. The van der Waals surface area contributed by atoms with Gasteiger partial charge in [0.25, 0.3) is 11.8 Å². The molecule has 0 saturated carbocycles. The first-order chi connectivity index (χ1) is 14.1. The second-order valence-electron chi connectivity index (χ2n) is 5.87. The zero-order valence-electron chi connectivity index (χ0n) is 15.5. The first-order valence-electron chi connectivity index (χ1n) is 8.72. The number of rotatable bonds is 7. The van der Waals surface area contributed by atoms with Crippen LogP contribution in [0.4, 0.5) is 10.2 Å². The Morgan fingerprint density at radius 1 is 1.21 bits per heavy atom. The predicted octanol–water partition coefficient (Wildman–Crippen LogP) is 4.44. The van der Waals surface area contributed by atoms with Crippen LogP contribution in [0.3, 0.4) is 0 Å². The highest BCUT2D eigenvalue weighted by Crippen LogP contribution is 2.20. The molecule has 3 rings (SSSR count). The van der Waals surface area contributed by atoms with Crippen molar-refractivity contribution in [2.45, 2.75) is 20.0 Å². The summed E-state index contributed by atoms with van der Waals surface area (Å²) in [4.78, 5) is 29.7. The number of amides is 1. The van der Waals surface area contributed by atoms with Gasteiger partial charge in [0.2, 0.25) is 0 Å². The monoisotopic (exact) mass is 413 g/mol. The Bertz CT molecular complexity index is 1030. The van der Waals surface area contributed by atoms with E-state index in [1.165, 1.54) is 18.5 Å². The number of aromatic nitrogens is 3. The Labute approximate surface area is 171 Å². The van der Waals surface area contributed by atoms with Crippen molar-refractivity contribution in [1.82, 2.24) is 15.0 Å². The number of oxime groups is 1. The van der Waals surface area contributed by atoms with E-state index >= 15 is 0 Å². The van der Waals surface area contributed by atoms with Gasteiger partial charge in [-0.2, -0.15) is 0 Å². The van der Waals surface area contributed by atoms with Crippen LogP contribution in [0.25, 0.3) is 0 Å². The van der Waals surface area contributed by atoms with Crippen molar-refractivity contribution in [3.63, 3.8) is 0 Å². The second-order valence-corrected chi connectivity index (χ2v) is 6.28. The third-order valence-corrected chi connectivity index (χ3v) is 4.14. The van der Waals surface area contributed by atoms with Crippen LogP contribution >= 0.6 is 11.6 Å². The smallest absolute Gasteiger partial charge is 0.267 e. The summed E-state index contributed by atoms with van der Waals surface area (Å²) in [6.07, 6.45) is 6.44.